The Bertz CT molecular complexity index is 1190. The van der Waals surface area contributed by atoms with Crippen LogP contribution in [0.4, 0.5) is 18.9 Å². The van der Waals surface area contributed by atoms with Gasteiger partial charge in [0.25, 0.3) is 0 Å². The van der Waals surface area contributed by atoms with Gasteiger partial charge in [0.05, 0.1) is 29.0 Å². The molecule has 3 rings (SSSR count). The van der Waals surface area contributed by atoms with Gasteiger partial charge in [-0.25, -0.2) is 4.79 Å². The molecule has 0 radical (unpaired) electrons. The highest BCUT2D eigenvalue weighted by Crippen LogP contribution is 2.32. The van der Waals surface area contributed by atoms with Gasteiger partial charge in [0.1, 0.15) is 5.75 Å². The van der Waals surface area contributed by atoms with Crippen LogP contribution in [-0.4, -0.2) is 19.0 Å². The lowest BCUT2D eigenvalue weighted by Crippen LogP contribution is -2.09. The minimum atomic E-state index is -4.47. The van der Waals surface area contributed by atoms with Gasteiger partial charge in [-0.05, 0) is 48.0 Å². The van der Waals surface area contributed by atoms with Crippen LogP contribution in [0.1, 0.15) is 21.5 Å². The topological polar surface area (TPSA) is 64.6 Å². The van der Waals surface area contributed by atoms with Crippen LogP contribution in [0.15, 0.2) is 78.9 Å². The minimum absolute atomic E-state index is 0.0367. The van der Waals surface area contributed by atoms with Crippen molar-refractivity contribution in [1.29, 1.82) is 0 Å². The number of benzene rings is 3. The third-order valence-corrected chi connectivity index (χ3v) is 4.70. The molecule has 0 saturated carbocycles. The van der Waals surface area contributed by atoms with E-state index in [2.05, 4.69) is 10.1 Å². The Labute approximate surface area is 192 Å². The highest BCUT2D eigenvalue weighted by molar-refractivity contribution is 6.50. The second kappa shape index (κ2) is 10.2. The lowest BCUT2D eigenvalue weighted by Gasteiger charge is -2.12. The monoisotopic (exact) mass is 475 g/mol. The van der Waals surface area contributed by atoms with Crippen molar-refractivity contribution in [2.45, 2.75) is 6.18 Å². The number of ether oxygens (including phenoxy) is 2. The molecule has 0 spiro atoms. The van der Waals surface area contributed by atoms with E-state index in [1.807, 2.05) is 0 Å². The molecule has 0 aromatic heterocycles. The fourth-order valence-corrected chi connectivity index (χ4v) is 3.00. The third-order valence-electron chi connectivity index (χ3n) is 4.37. The van der Waals surface area contributed by atoms with Crippen molar-refractivity contribution in [2.75, 3.05) is 12.4 Å². The number of esters is 1. The molecule has 33 heavy (non-hydrogen) atoms. The maximum atomic E-state index is 12.7. The average Bonchev–Trinajstić information content (AvgIpc) is 2.79. The lowest BCUT2D eigenvalue weighted by atomic mass is 10.1. The summed E-state index contributed by atoms with van der Waals surface area (Å²) in [6, 6.07) is 17.0. The Kier molecular flexibility index (Phi) is 7.40. The standard InChI is InChI=1S/C24H17ClF3NO4/c1-32-23(31)16-5-4-6-18(13-16)33-21-8-3-2-7-20(21)29-22(30)14-19(25)15-9-11-17(12-10-15)24(26,27)28/h2-14H,1H3,(H,29,30)/b19-14-. The lowest BCUT2D eigenvalue weighted by molar-refractivity contribution is -0.137. The quantitative estimate of drug-likeness (QED) is 0.326. The first-order chi connectivity index (χ1) is 15.7. The molecule has 3 aromatic rings. The number of nitrogens with one attached hydrogen (secondary N) is 1. The van der Waals surface area contributed by atoms with Crippen LogP contribution < -0.4 is 10.1 Å². The molecular formula is C24H17ClF3NO4. The van der Waals surface area contributed by atoms with Gasteiger partial charge >= 0.3 is 12.1 Å². The maximum absolute atomic E-state index is 12.7. The minimum Gasteiger partial charge on any atom is -0.465 e. The molecule has 0 saturated heterocycles. The Morgan fingerprint density at radius 1 is 0.939 bits per heavy atom. The molecule has 1 N–H and O–H groups in total. The van der Waals surface area contributed by atoms with Gasteiger partial charge in [0, 0.05) is 6.08 Å². The van der Waals surface area contributed by atoms with Crippen molar-refractivity contribution in [3.05, 3.63) is 95.6 Å². The van der Waals surface area contributed by atoms with Crippen molar-refractivity contribution >= 4 is 34.2 Å². The zero-order valence-electron chi connectivity index (χ0n) is 17.2. The van der Waals surface area contributed by atoms with E-state index in [4.69, 9.17) is 16.3 Å². The zero-order chi connectivity index (χ0) is 24.0. The number of methoxy groups -OCH3 is 1. The van der Waals surface area contributed by atoms with Crippen LogP contribution >= 0.6 is 11.6 Å². The van der Waals surface area contributed by atoms with Gasteiger partial charge < -0.3 is 14.8 Å². The van der Waals surface area contributed by atoms with Crippen LogP contribution in [0.3, 0.4) is 0 Å². The number of amides is 1. The van der Waals surface area contributed by atoms with Gasteiger partial charge in [-0.1, -0.05) is 41.9 Å². The number of anilines is 1. The number of rotatable bonds is 6. The summed E-state index contributed by atoms with van der Waals surface area (Å²) < 4.78 is 48.6. The highest BCUT2D eigenvalue weighted by Gasteiger charge is 2.30. The number of halogens is 4. The fourth-order valence-electron chi connectivity index (χ4n) is 2.78. The zero-order valence-corrected chi connectivity index (χ0v) is 17.9. The molecule has 3 aromatic carbocycles. The van der Waals surface area contributed by atoms with E-state index in [1.165, 1.54) is 25.3 Å². The van der Waals surface area contributed by atoms with E-state index in [9.17, 15) is 22.8 Å². The average molecular weight is 476 g/mol. The number of carbonyl (C=O) groups is 2. The predicted molar refractivity (Wildman–Crippen MR) is 118 cm³/mol. The molecule has 0 bridgehead atoms. The molecule has 1 amide bonds. The summed E-state index contributed by atoms with van der Waals surface area (Å²) in [5.74, 6) is -0.491. The molecule has 0 heterocycles. The van der Waals surface area contributed by atoms with Crippen LogP contribution in [-0.2, 0) is 15.7 Å². The molecule has 0 aliphatic heterocycles. The molecule has 0 unspecified atom stereocenters. The SMILES string of the molecule is COC(=O)c1cccc(Oc2ccccc2NC(=O)/C=C(\Cl)c2ccc(C(F)(F)F)cc2)c1. The van der Waals surface area contributed by atoms with E-state index in [1.54, 1.807) is 42.5 Å². The molecule has 9 heteroatoms. The van der Waals surface area contributed by atoms with E-state index in [-0.39, 0.29) is 10.6 Å². The predicted octanol–water partition coefficient (Wildman–Crippen LogP) is 6.50. The van der Waals surface area contributed by atoms with Gasteiger partial charge in [-0.3, -0.25) is 4.79 Å². The van der Waals surface area contributed by atoms with Crippen LogP contribution in [0.2, 0.25) is 0 Å². The second-order valence-electron chi connectivity index (χ2n) is 6.67. The van der Waals surface area contributed by atoms with Crippen molar-refractivity contribution in [1.82, 2.24) is 0 Å². The molecule has 170 valence electrons. The summed E-state index contributed by atoms with van der Waals surface area (Å²) in [7, 11) is 1.27. The first-order valence-corrected chi connectivity index (χ1v) is 9.86. The molecule has 0 atom stereocenters. The van der Waals surface area contributed by atoms with Gasteiger partial charge in [0.15, 0.2) is 5.75 Å². The molecule has 0 aliphatic rings. The maximum Gasteiger partial charge on any atom is 0.416 e. The normalized spacial score (nSPS) is 11.6. The largest absolute Gasteiger partial charge is 0.465 e. The molecular weight excluding hydrogens is 459 g/mol. The van der Waals surface area contributed by atoms with Crippen LogP contribution in [0.25, 0.3) is 5.03 Å². The van der Waals surface area contributed by atoms with Crippen molar-refractivity contribution in [2.24, 2.45) is 0 Å². The van der Waals surface area contributed by atoms with E-state index in [0.717, 1.165) is 18.2 Å². The summed E-state index contributed by atoms with van der Waals surface area (Å²) in [5, 5.41) is 2.58. The van der Waals surface area contributed by atoms with Gasteiger partial charge in [-0.15, -0.1) is 0 Å². The fraction of sp³-hybridized carbons (Fsp3) is 0.0833. The smallest absolute Gasteiger partial charge is 0.416 e. The van der Waals surface area contributed by atoms with E-state index in [0.29, 0.717) is 22.7 Å². The number of hydrogen-bond donors (Lipinski definition) is 1. The Morgan fingerprint density at radius 2 is 1.64 bits per heavy atom. The van der Waals surface area contributed by atoms with Crippen LogP contribution in [0, 0.1) is 0 Å². The summed E-state index contributed by atoms with van der Waals surface area (Å²) in [5.41, 5.74) is 0.0494. The number of alkyl halides is 3. The van der Waals surface area contributed by atoms with Crippen LogP contribution in [0.5, 0.6) is 11.5 Å². The van der Waals surface area contributed by atoms with Gasteiger partial charge in [-0.2, -0.15) is 13.2 Å². The Balaban J connectivity index is 1.75. The number of para-hydroxylation sites is 2. The molecule has 0 fully saturated rings. The summed E-state index contributed by atoms with van der Waals surface area (Å²) >= 11 is 6.11. The van der Waals surface area contributed by atoms with Crippen molar-refractivity contribution in [3.63, 3.8) is 0 Å². The number of hydrogen-bond acceptors (Lipinski definition) is 4. The van der Waals surface area contributed by atoms with Crippen molar-refractivity contribution in [3.8, 4) is 11.5 Å². The third kappa shape index (κ3) is 6.36. The van der Waals surface area contributed by atoms with Crippen molar-refractivity contribution < 1.29 is 32.2 Å². The number of carbonyl (C=O) groups excluding carboxylic acids is 2. The van der Waals surface area contributed by atoms with E-state index < -0.39 is 23.6 Å². The Hall–Kier alpha value is -3.78. The molecule has 0 aliphatic carbocycles. The summed E-state index contributed by atoms with van der Waals surface area (Å²) in [4.78, 5) is 24.1. The van der Waals surface area contributed by atoms with E-state index >= 15 is 0 Å². The van der Waals surface area contributed by atoms with Gasteiger partial charge in [0.2, 0.25) is 5.91 Å². The molecule has 5 nitrogen and oxygen atoms in total. The second-order valence-corrected chi connectivity index (χ2v) is 7.08. The highest BCUT2D eigenvalue weighted by atomic mass is 35.5. The summed E-state index contributed by atoms with van der Waals surface area (Å²) in [6.45, 7) is 0. The Morgan fingerprint density at radius 3 is 2.30 bits per heavy atom. The first-order valence-electron chi connectivity index (χ1n) is 9.48. The summed E-state index contributed by atoms with van der Waals surface area (Å²) in [6.07, 6.45) is -3.41. The first kappa shape index (κ1) is 23.9.